The van der Waals surface area contributed by atoms with E-state index >= 15 is 0 Å². The summed E-state index contributed by atoms with van der Waals surface area (Å²) < 4.78 is 0. The van der Waals surface area contributed by atoms with Gasteiger partial charge in [0.15, 0.2) is 0 Å². The van der Waals surface area contributed by atoms with E-state index in [9.17, 15) is 4.79 Å². The number of nitrogens with one attached hydrogen (secondary N) is 1. The number of carbonyl (C=O) groups is 1. The molecule has 140 valence electrons. The normalized spacial score (nSPS) is 14.5. The fourth-order valence-electron chi connectivity index (χ4n) is 3.55. The first-order valence-corrected chi connectivity index (χ1v) is 10.3. The van der Waals surface area contributed by atoms with Gasteiger partial charge in [-0.1, -0.05) is 18.2 Å². The Labute approximate surface area is 163 Å². The van der Waals surface area contributed by atoms with Crippen LogP contribution in [0.4, 0.5) is 5.82 Å². The van der Waals surface area contributed by atoms with E-state index in [2.05, 4.69) is 52.7 Å². The number of fused-ring (bicyclic) bond motifs is 1. The summed E-state index contributed by atoms with van der Waals surface area (Å²) in [6.07, 6.45) is 4.99. The van der Waals surface area contributed by atoms with E-state index in [1.54, 1.807) is 17.7 Å². The molecule has 1 N–H and O–H groups in total. The van der Waals surface area contributed by atoms with Crippen LogP contribution < -0.4 is 5.32 Å². The summed E-state index contributed by atoms with van der Waals surface area (Å²) in [5, 5.41) is 6.39. The van der Waals surface area contributed by atoms with Crippen molar-refractivity contribution in [2.75, 3.05) is 25.0 Å². The molecule has 1 fully saturated rings. The third-order valence-corrected chi connectivity index (χ3v) is 6.19. The highest BCUT2D eigenvalue weighted by molar-refractivity contribution is 7.17. The van der Waals surface area contributed by atoms with Crippen molar-refractivity contribution in [1.29, 1.82) is 0 Å². The number of anilines is 1. The van der Waals surface area contributed by atoms with Gasteiger partial charge in [0.1, 0.15) is 17.0 Å². The number of hydrogen-bond acceptors (Lipinski definition) is 5. The predicted molar refractivity (Wildman–Crippen MR) is 111 cm³/mol. The standard InChI is InChI=1S/C21H24N4OS/c1-14-6-7-16(10-15(14)2)17-12-27-21-19(17)20(23-13-24-21)22-11-18(26)25-8-4-3-5-9-25/h6-7,10,12-13H,3-5,8-9,11H2,1-2H3,(H,22,23,24). The molecule has 2 aromatic heterocycles. The smallest absolute Gasteiger partial charge is 0.241 e. The Balaban J connectivity index is 1.62. The second-order valence-electron chi connectivity index (χ2n) is 7.15. The van der Waals surface area contributed by atoms with E-state index in [4.69, 9.17) is 0 Å². The van der Waals surface area contributed by atoms with Gasteiger partial charge in [-0.05, 0) is 49.8 Å². The van der Waals surface area contributed by atoms with Crippen LogP contribution in [0.2, 0.25) is 0 Å². The molecule has 0 spiro atoms. The number of likely N-dealkylation sites (tertiary alicyclic amines) is 1. The van der Waals surface area contributed by atoms with Gasteiger partial charge in [0.05, 0.1) is 11.9 Å². The lowest BCUT2D eigenvalue weighted by Crippen LogP contribution is -2.39. The zero-order chi connectivity index (χ0) is 18.8. The Bertz CT molecular complexity index is 975. The highest BCUT2D eigenvalue weighted by atomic mass is 32.1. The predicted octanol–water partition coefficient (Wildman–Crippen LogP) is 4.40. The minimum Gasteiger partial charge on any atom is -0.360 e. The highest BCUT2D eigenvalue weighted by Gasteiger charge is 2.18. The average molecular weight is 381 g/mol. The fraction of sp³-hybridized carbons (Fsp3) is 0.381. The van der Waals surface area contributed by atoms with E-state index < -0.39 is 0 Å². The van der Waals surface area contributed by atoms with Crippen molar-refractivity contribution < 1.29 is 4.79 Å². The zero-order valence-corrected chi connectivity index (χ0v) is 16.6. The van der Waals surface area contributed by atoms with E-state index in [0.717, 1.165) is 53.1 Å². The molecule has 6 heteroatoms. The Kier molecular flexibility index (Phi) is 5.07. The van der Waals surface area contributed by atoms with Crippen LogP contribution in [0.5, 0.6) is 0 Å². The molecule has 1 amide bonds. The van der Waals surface area contributed by atoms with Gasteiger partial charge in [0.2, 0.25) is 5.91 Å². The molecule has 1 aromatic carbocycles. The maximum Gasteiger partial charge on any atom is 0.241 e. The molecule has 3 heterocycles. The molecular weight excluding hydrogens is 356 g/mol. The number of benzene rings is 1. The largest absolute Gasteiger partial charge is 0.360 e. The fourth-order valence-corrected chi connectivity index (χ4v) is 4.46. The summed E-state index contributed by atoms with van der Waals surface area (Å²) in [6, 6.07) is 6.48. The molecule has 1 aliphatic heterocycles. The van der Waals surface area contributed by atoms with E-state index in [1.807, 2.05) is 4.90 Å². The topological polar surface area (TPSA) is 58.1 Å². The summed E-state index contributed by atoms with van der Waals surface area (Å²) in [5.41, 5.74) is 4.81. The number of rotatable bonds is 4. The second kappa shape index (κ2) is 7.64. The van der Waals surface area contributed by atoms with Crippen molar-refractivity contribution in [2.24, 2.45) is 0 Å². The van der Waals surface area contributed by atoms with Crippen LogP contribution in [-0.2, 0) is 4.79 Å². The molecule has 4 rings (SSSR count). The number of thiophene rings is 1. The third-order valence-electron chi connectivity index (χ3n) is 5.30. The Morgan fingerprint density at radius 3 is 2.74 bits per heavy atom. The second-order valence-corrected chi connectivity index (χ2v) is 8.00. The molecule has 0 aliphatic carbocycles. The maximum atomic E-state index is 12.5. The summed E-state index contributed by atoms with van der Waals surface area (Å²) in [5.74, 6) is 0.879. The lowest BCUT2D eigenvalue weighted by Gasteiger charge is -2.26. The molecular formula is C21H24N4OS. The minimum absolute atomic E-state index is 0.143. The molecule has 1 saturated heterocycles. The van der Waals surface area contributed by atoms with Gasteiger partial charge >= 0.3 is 0 Å². The number of aryl methyl sites for hydroxylation is 2. The number of nitrogens with zero attached hydrogens (tertiary/aromatic N) is 3. The molecule has 5 nitrogen and oxygen atoms in total. The summed E-state index contributed by atoms with van der Waals surface area (Å²) in [6.45, 7) is 6.25. The Morgan fingerprint density at radius 1 is 1.15 bits per heavy atom. The molecule has 1 aliphatic rings. The first kappa shape index (κ1) is 17.9. The van der Waals surface area contributed by atoms with Crippen LogP contribution in [-0.4, -0.2) is 40.4 Å². The van der Waals surface area contributed by atoms with Crippen LogP contribution in [0.25, 0.3) is 21.3 Å². The molecule has 0 atom stereocenters. The van der Waals surface area contributed by atoms with Gasteiger partial charge in [0.25, 0.3) is 0 Å². The first-order chi connectivity index (χ1) is 13.1. The van der Waals surface area contributed by atoms with Gasteiger partial charge in [-0.25, -0.2) is 9.97 Å². The van der Waals surface area contributed by atoms with Crippen molar-refractivity contribution in [3.8, 4) is 11.1 Å². The molecule has 0 saturated carbocycles. The van der Waals surface area contributed by atoms with Crippen LogP contribution in [0.3, 0.4) is 0 Å². The van der Waals surface area contributed by atoms with Crippen molar-refractivity contribution in [3.63, 3.8) is 0 Å². The molecule has 3 aromatic rings. The van der Waals surface area contributed by atoms with Gasteiger partial charge in [-0.3, -0.25) is 4.79 Å². The number of aromatic nitrogens is 2. The number of amides is 1. The lowest BCUT2D eigenvalue weighted by molar-refractivity contribution is -0.130. The van der Waals surface area contributed by atoms with Gasteiger partial charge in [0, 0.05) is 24.0 Å². The van der Waals surface area contributed by atoms with E-state index in [1.165, 1.54) is 17.5 Å². The minimum atomic E-state index is 0.143. The van der Waals surface area contributed by atoms with Gasteiger partial charge < -0.3 is 10.2 Å². The molecule has 0 bridgehead atoms. The zero-order valence-electron chi connectivity index (χ0n) is 15.8. The maximum absolute atomic E-state index is 12.5. The summed E-state index contributed by atoms with van der Waals surface area (Å²) >= 11 is 1.61. The number of carbonyl (C=O) groups excluding carboxylic acids is 1. The average Bonchev–Trinajstić information content (AvgIpc) is 3.14. The highest BCUT2D eigenvalue weighted by Crippen LogP contribution is 2.37. The van der Waals surface area contributed by atoms with Crippen LogP contribution in [0.1, 0.15) is 30.4 Å². The lowest BCUT2D eigenvalue weighted by atomic mass is 10.0. The van der Waals surface area contributed by atoms with E-state index in [0.29, 0.717) is 0 Å². The van der Waals surface area contributed by atoms with Crippen LogP contribution in [0, 0.1) is 13.8 Å². The van der Waals surface area contributed by atoms with Gasteiger partial charge in [-0.15, -0.1) is 11.3 Å². The van der Waals surface area contributed by atoms with Gasteiger partial charge in [-0.2, -0.15) is 0 Å². The van der Waals surface area contributed by atoms with E-state index in [-0.39, 0.29) is 12.5 Å². The van der Waals surface area contributed by atoms with Crippen LogP contribution >= 0.6 is 11.3 Å². The third kappa shape index (κ3) is 3.67. The first-order valence-electron chi connectivity index (χ1n) is 9.45. The van der Waals surface area contributed by atoms with Crippen molar-refractivity contribution >= 4 is 33.3 Å². The summed E-state index contributed by atoms with van der Waals surface area (Å²) in [7, 11) is 0. The Morgan fingerprint density at radius 2 is 1.96 bits per heavy atom. The monoisotopic (exact) mass is 380 g/mol. The quantitative estimate of drug-likeness (QED) is 0.729. The van der Waals surface area contributed by atoms with Crippen molar-refractivity contribution in [1.82, 2.24) is 14.9 Å². The molecule has 0 radical (unpaired) electrons. The summed E-state index contributed by atoms with van der Waals surface area (Å²) in [4.78, 5) is 24.2. The van der Waals surface area contributed by atoms with Crippen molar-refractivity contribution in [2.45, 2.75) is 33.1 Å². The molecule has 0 unspecified atom stereocenters. The Hall–Kier alpha value is -2.47. The molecule has 27 heavy (non-hydrogen) atoms. The number of piperidine rings is 1. The van der Waals surface area contributed by atoms with Crippen LogP contribution in [0.15, 0.2) is 29.9 Å². The SMILES string of the molecule is Cc1ccc(-c2csc3ncnc(NCC(=O)N4CCCCC4)c23)cc1C. The van der Waals surface area contributed by atoms with Crippen molar-refractivity contribution in [3.05, 3.63) is 41.0 Å². The number of hydrogen-bond donors (Lipinski definition) is 1.